The molecule has 1 aliphatic heterocycles. The van der Waals surface area contributed by atoms with Crippen LogP contribution in [0.3, 0.4) is 0 Å². The average molecular weight is 240 g/mol. The van der Waals surface area contributed by atoms with Crippen LogP contribution in [0.25, 0.3) is 0 Å². The van der Waals surface area contributed by atoms with Crippen LogP contribution in [-0.4, -0.2) is 23.7 Å². The normalized spacial score (nSPS) is 24.8. The molecular weight excluding hydrogens is 224 g/mol. The van der Waals surface area contributed by atoms with Crippen molar-refractivity contribution < 1.29 is 14.1 Å². The first kappa shape index (κ1) is 12.1. The summed E-state index contributed by atoms with van der Waals surface area (Å²) >= 11 is 0. The molecule has 1 aliphatic rings. The molecule has 0 radical (unpaired) electrons. The van der Waals surface area contributed by atoms with Gasteiger partial charge in [-0.25, -0.2) is 0 Å². The van der Waals surface area contributed by atoms with Gasteiger partial charge < -0.3 is 14.5 Å². The molecule has 1 unspecified atom stereocenters. The van der Waals surface area contributed by atoms with E-state index in [9.17, 15) is 10.1 Å². The molecule has 2 heterocycles. The lowest BCUT2D eigenvalue weighted by Crippen LogP contribution is -2.48. The van der Waals surface area contributed by atoms with Gasteiger partial charge in [0, 0.05) is 12.1 Å². The van der Waals surface area contributed by atoms with Crippen LogP contribution < -0.4 is 5.32 Å². The highest BCUT2D eigenvalue weighted by molar-refractivity contribution is 5.17. The lowest BCUT2D eigenvalue weighted by atomic mass is 9.95. The van der Waals surface area contributed by atoms with Gasteiger partial charge in [-0.1, -0.05) is 0 Å². The second-order valence-electron chi connectivity index (χ2n) is 4.57. The zero-order valence-corrected chi connectivity index (χ0v) is 9.77. The molecule has 1 N–H and O–H groups in total. The number of ether oxygens (including phenoxy) is 1. The molecule has 6 heteroatoms. The Labute approximate surface area is 99.1 Å². The maximum absolute atomic E-state index is 10.5. The van der Waals surface area contributed by atoms with Crippen LogP contribution in [0.2, 0.25) is 0 Å². The first-order valence-corrected chi connectivity index (χ1v) is 5.65. The van der Waals surface area contributed by atoms with Gasteiger partial charge in [-0.3, -0.25) is 10.1 Å². The fraction of sp³-hybridized carbons (Fsp3) is 0.636. The topological polar surface area (TPSA) is 77.5 Å². The maximum atomic E-state index is 10.5. The standard InChI is InChI=1S/C11H16N2O4/c1-11(5-2-6-16-8-11)12-7-9-3-4-10(17-9)13(14)15/h3-4,12H,2,5-8H2,1H3. The Hall–Kier alpha value is -1.40. The predicted octanol–water partition coefficient (Wildman–Crippen LogP) is 1.85. The van der Waals surface area contributed by atoms with Crippen molar-refractivity contribution in [2.75, 3.05) is 13.2 Å². The Morgan fingerprint density at radius 1 is 1.59 bits per heavy atom. The molecule has 0 bridgehead atoms. The summed E-state index contributed by atoms with van der Waals surface area (Å²) in [5.41, 5.74) is -0.0696. The van der Waals surface area contributed by atoms with Crippen molar-refractivity contribution in [1.82, 2.24) is 5.32 Å². The van der Waals surface area contributed by atoms with Crippen LogP contribution in [0.1, 0.15) is 25.5 Å². The van der Waals surface area contributed by atoms with Crippen molar-refractivity contribution in [3.05, 3.63) is 28.0 Å². The molecule has 0 aromatic carbocycles. The molecule has 0 amide bonds. The highest BCUT2D eigenvalue weighted by Gasteiger charge is 2.27. The molecule has 0 spiro atoms. The number of hydrogen-bond acceptors (Lipinski definition) is 5. The van der Waals surface area contributed by atoms with Gasteiger partial charge >= 0.3 is 5.88 Å². The molecule has 6 nitrogen and oxygen atoms in total. The summed E-state index contributed by atoms with van der Waals surface area (Å²) in [6.45, 7) is 4.04. The van der Waals surface area contributed by atoms with Crippen molar-refractivity contribution in [2.45, 2.75) is 31.8 Å². The number of nitrogens with one attached hydrogen (secondary N) is 1. The van der Waals surface area contributed by atoms with E-state index >= 15 is 0 Å². The summed E-state index contributed by atoms with van der Waals surface area (Å²) < 4.78 is 10.5. The van der Waals surface area contributed by atoms with Gasteiger partial charge in [-0.05, 0) is 25.8 Å². The molecular formula is C11H16N2O4. The summed E-state index contributed by atoms with van der Waals surface area (Å²) in [5.74, 6) is 0.357. The van der Waals surface area contributed by atoms with Crippen molar-refractivity contribution >= 4 is 5.88 Å². The minimum Gasteiger partial charge on any atom is -0.404 e. The highest BCUT2D eigenvalue weighted by Crippen LogP contribution is 2.20. The number of nitrogens with zero attached hydrogens (tertiary/aromatic N) is 1. The molecule has 1 atom stereocenters. The molecule has 1 saturated heterocycles. The van der Waals surface area contributed by atoms with E-state index in [4.69, 9.17) is 9.15 Å². The highest BCUT2D eigenvalue weighted by atomic mass is 16.6. The van der Waals surface area contributed by atoms with Crippen LogP contribution in [0, 0.1) is 10.1 Å². The molecule has 1 aromatic rings. The minimum absolute atomic E-state index is 0.0696. The molecule has 94 valence electrons. The Kier molecular flexibility index (Phi) is 3.44. The zero-order valence-electron chi connectivity index (χ0n) is 9.77. The van der Waals surface area contributed by atoms with Gasteiger partial charge in [0.1, 0.15) is 10.7 Å². The first-order valence-electron chi connectivity index (χ1n) is 5.65. The van der Waals surface area contributed by atoms with Gasteiger partial charge in [0.2, 0.25) is 0 Å². The van der Waals surface area contributed by atoms with E-state index in [1.165, 1.54) is 6.07 Å². The number of rotatable bonds is 4. The second-order valence-corrected chi connectivity index (χ2v) is 4.57. The van der Waals surface area contributed by atoms with E-state index in [-0.39, 0.29) is 11.4 Å². The molecule has 1 aromatic heterocycles. The quantitative estimate of drug-likeness (QED) is 0.641. The van der Waals surface area contributed by atoms with E-state index in [1.54, 1.807) is 6.07 Å². The van der Waals surface area contributed by atoms with Gasteiger partial charge in [0.25, 0.3) is 0 Å². The van der Waals surface area contributed by atoms with Gasteiger partial charge in [0.05, 0.1) is 19.2 Å². The summed E-state index contributed by atoms with van der Waals surface area (Å²) in [6, 6.07) is 2.99. The lowest BCUT2D eigenvalue weighted by Gasteiger charge is -2.34. The van der Waals surface area contributed by atoms with E-state index < -0.39 is 4.92 Å². The van der Waals surface area contributed by atoms with Crippen LogP contribution in [0.4, 0.5) is 5.88 Å². The monoisotopic (exact) mass is 240 g/mol. The van der Waals surface area contributed by atoms with Crippen molar-refractivity contribution in [3.8, 4) is 0 Å². The third kappa shape index (κ3) is 3.04. The van der Waals surface area contributed by atoms with Crippen LogP contribution >= 0.6 is 0 Å². The second kappa shape index (κ2) is 4.85. The molecule has 17 heavy (non-hydrogen) atoms. The smallest absolute Gasteiger partial charge is 0.404 e. The predicted molar refractivity (Wildman–Crippen MR) is 60.7 cm³/mol. The Balaban J connectivity index is 1.90. The number of hydrogen-bond donors (Lipinski definition) is 1. The van der Waals surface area contributed by atoms with E-state index in [1.807, 2.05) is 0 Å². The van der Waals surface area contributed by atoms with Gasteiger partial charge in [-0.2, -0.15) is 0 Å². The summed E-state index contributed by atoms with van der Waals surface area (Å²) in [7, 11) is 0. The minimum atomic E-state index is -0.533. The molecule has 2 rings (SSSR count). The molecule has 0 saturated carbocycles. The lowest BCUT2D eigenvalue weighted by molar-refractivity contribution is -0.402. The SMILES string of the molecule is CC1(NCc2ccc([N+](=O)[O-])o2)CCCOC1. The van der Waals surface area contributed by atoms with Gasteiger partial charge in [0.15, 0.2) is 0 Å². The summed E-state index contributed by atoms with van der Waals surface area (Å²) in [4.78, 5) is 9.92. The maximum Gasteiger partial charge on any atom is 0.433 e. The third-order valence-electron chi connectivity index (χ3n) is 2.95. The number of furan rings is 1. The van der Waals surface area contributed by atoms with E-state index in [0.717, 1.165) is 19.4 Å². The summed E-state index contributed by atoms with van der Waals surface area (Å²) in [6.07, 6.45) is 2.07. The Bertz CT molecular complexity index is 396. The fourth-order valence-corrected chi connectivity index (χ4v) is 1.93. The van der Waals surface area contributed by atoms with Crippen molar-refractivity contribution in [2.24, 2.45) is 0 Å². The van der Waals surface area contributed by atoms with E-state index in [2.05, 4.69) is 12.2 Å². The van der Waals surface area contributed by atoms with Crippen molar-refractivity contribution in [3.63, 3.8) is 0 Å². The fourth-order valence-electron chi connectivity index (χ4n) is 1.93. The van der Waals surface area contributed by atoms with Crippen molar-refractivity contribution in [1.29, 1.82) is 0 Å². The van der Waals surface area contributed by atoms with Crippen LogP contribution in [0.5, 0.6) is 0 Å². The average Bonchev–Trinajstić information content (AvgIpc) is 2.76. The van der Waals surface area contributed by atoms with Gasteiger partial charge in [-0.15, -0.1) is 0 Å². The zero-order chi connectivity index (χ0) is 12.3. The third-order valence-corrected chi connectivity index (χ3v) is 2.95. The largest absolute Gasteiger partial charge is 0.433 e. The summed E-state index contributed by atoms with van der Waals surface area (Å²) in [5, 5.41) is 13.8. The molecule has 0 aliphatic carbocycles. The van der Waals surface area contributed by atoms with E-state index in [0.29, 0.717) is 18.9 Å². The first-order chi connectivity index (χ1) is 8.09. The molecule has 1 fully saturated rings. The van der Waals surface area contributed by atoms with Crippen LogP contribution in [0.15, 0.2) is 16.5 Å². The Morgan fingerprint density at radius 2 is 2.41 bits per heavy atom. The van der Waals surface area contributed by atoms with Crippen LogP contribution in [-0.2, 0) is 11.3 Å². The Morgan fingerprint density at radius 3 is 3.00 bits per heavy atom. The number of nitro groups is 1.